The van der Waals surface area contributed by atoms with Crippen LogP contribution in [0.15, 0.2) is 42.6 Å². The van der Waals surface area contributed by atoms with Gasteiger partial charge < -0.3 is 8.97 Å². The van der Waals surface area contributed by atoms with Gasteiger partial charge in [-0.1, -0.05) is 49.7 Å². The van der Waals surface area contributed by atoms with Crippen molar-refractivity contribution in [3.63, 3.8) is 0 Å². The van der Waals surface area contributed by atoms with Crippen molar-refractivity contribution < 1.29 is 20.1 Å². The van der Waals surface area contributed by atoms with E-state index in [-0.39, 0.29) is 25.5 Å². The first-order valence-corrected chi connectivity index (χ1v) is 10.5. The fourth-order valence-electron chi connectivity index (χ4n) is 4.60. The summed E-state index contributed by atoms with van der Waals surface area (Å²) in [5.41, 5.74) is 7.98. The van der Waals surface area contributed by atoms with E-state index < -0.39 is 0 Å². The van der Waals surface area contributed by atoms with E-state index in [9.17, 15) is 0 Å². The number of fused-ring (bicyclic) bond motifs is 6. The number of aryl methyl sites for hydroxylation is 3. The van der Waals surface area contributed by atoms with Gasteiger partial charge in [0, 0.05) is 43.9 Å². The van der Waals surface area contributed by atoms with Crippen LogP contribution in [0.1, 0.15) is 37.7 Å². The van der Waals surface area contributed by atoms with E-state index in [2.05, 4.69) is 86.9 Å². The molecule has 5 rings (SSSR count). The van der Waals surface area contributed by atoms with E-state index in [4.69, 9.17) is 9.97 Å². The van der Waals surface area contributed by atoms with Crippen molar-refractivity contribution in [1.82, 2.24) is 18.9 Å². The number of benzene rings is 2. The fourth-order valence-corrected chi connectivity index (χ4v) is 4.60. The Bertz CT molecular complexity index is 1410. The van der Waals surface area contributed by atoms with Gasteiger partial charge in [-0.25, -0.2) is 4.98 Å². The predicted octanol–water partition coefficient (Wildman–Crippen LogP) is 6.27. The Morgan fingerprint density at radius 1 is 0.968 bits per heavy atom. The van der Waals surface area contributed by atoms with Crippen LogP contribution in [0.3, 0.4) is 0 Å². The Labute approximate surface area is 196 Å². The molecule has 0 atom stereocenters. The fraction of sp³-hybridized carbons (Fsp3) is 0.308. The summed E-state index contributed by atoms with van der Waals surface area (Å²) in [5.74, 6) is 1.03. The second-order valence-electron chi connectivity index (χ2n) is 9.51. The third-order valence-corrected chi connectivity index (χ3v) is 5.82. The molecule has 0 aliphatic heterocycles. The minimum Gasteiger partial charge on any atom is -0.334 e. The summed E-state index contributed by atoms with van der Waals surface area (Å²) in [6.07, 6.45) is 1.99. The van der Waals surface area contributed by atoms with Gasteiger partial charge in [-0.3, -0.25) is 4.98 Å². The first-order valence-electron chi connectivity index (χ1n) is 10.5. The molecule has 1 radical (unpaired) electrons. The van der Waals surface area contributed by atoms with Gasteiger partial charge in [-0.15, -0.1) is 24.3 Å². The van der Waals surface area contributed by atoms with E-state index in [0.29, 0.717) is 0 Å². The second kappa shape index (κ2) is 7.58. The maximum absolute atomic E-state index is 5.07. The maximum atomic E-state index is 5.07. The summed E-state index contributed by atoms with van der Waals surface area (Å²) in [7, 11) is 0. The summed E-state index contributed by atoms with van der Waals surface area (Å²) in [5, 5.41) is 2.20. The van der Waals surface area contributed by atoms with Crippen LogP contribution in [0, 0.1) is 32.3 Å². The quantitative estimate of drug-likeness (QED) is 0.228. The summed E-state index contributed by atoms with van der Waals surface area (Å²) < 4.78 is 4.59. The molecule has 0 saturated heterocycles. The van der Waals surface area contributed by atoms with Crippen molar-refractivity contribution in [2.24, 2.45) is 5.41 Å². The molecule has 5 aromatic rings. The van der Waals surface area contributed by atoms with Crippen molar-refractivity contribution >= 4 is 27.6 Å². The molecule has 31 heavy (non-hydrogen) atoms. The number of rotatable bonds is 2. The molecular formula is C26H27IrN4-. The Morgan fingerprint density at radius 3 is 2.35 bits per heavy atom. The molecule has 0 saturated carbocycles. The number of pyridine rings is 1. The third kappa shape index (κ3) is 3.40. The molecule has 0 spiro atoms. The standard InChI is InChI=1S/C26H27N4.Ir/c1-16-10-9-11-17(2)22(16)21-14-27-24-20-13-8-7-12-19(20)23-25(30(21)24)28-18(3)29(23)15-26(4,5)6;/h7-12,14H,15H2,1-6H3;/q-1;. The Kier molecular flexibility index (Phi) is 5.31. The van der Waals surface area contributed by atoms with Gasteiger partial charge >= 0.3 is 0 Å². The molecule has 0 bridgehead atoms. The second-order valence-corrected chi connectivity index (χ2v) is 9.51. The SMILES string of the molecule is Cc1cccc(C)c1-c1cnc2c3[c-]cccc3c3c(nc(C)n3CC(C)(C)C)n12.[Ir]. The van der Waals surface area contributed by atoms with Crippen molar-refractivity contribution in [1.29, 1.82) is 0 Å². The van der Waals surface area contributed by atoms with E-state index in [1.165, 1.54) is 16.7 Å². The molecule has 0 N–H and O–H groups in total. The van der Waals surface area contributed by atoms with E-state index in [1.54, 1.807) is 0 Å². The van der Waals surface area contributed by atoms with Gasteiger partial charge in [0.1, 0.15) is 11.5 Å². The van der Waals surface area contributed by atoms with Crippen molar-refractivity contribution in [3.05, 3.63) is 65.6 Å². The first-order chi connectivity index (χ1) is 14.3. The zero-order valence-electron chi connectivity index (χ0n) is 18.9. The molecule has 161 valence electrons. The van der Waals surface area contributed by atoms with Crippen LogP contribution in [0.4, 0.5) is 0 Å². The number of nitrogens with zero attached hydrogens (tertiary/aromatic N) is 4. The van der Waals surface area contributed by atoms with Crippen LogP contribution in [0.25, 0.3) is 38.8 Å². The van der Waals surface area contributed by atoms with Crippen molar-refractivity contribution in [2.75, 3.05) is 0 Å². The van der Waals surface area contributed by atoms with Gasteiger partial charge in [0.15, 0.2) is 0 Å². The van der Waals surface area contributed by atoms with Gasteiger partial charge in [0.2, 0.25) is 0 Å². The molecule has 0 aliphatic rings. The third-order valence-electron chi connectivity index (χ3n) is 5.82. The van der Waals surface area contributed by atoms with Crippen LogP contribution < -0.4 is 0 Å². The maximum Gasteiger partial charge on any atom is 0.147 e. The number of aromatic nitrogens is 4. The van der Waals surface area contributed by atoms with Gasteiger partial charge in [0.25, 0.3) is 0 Å². The molecule has 0 amide bonds. The van der Waals surface area contributed by atoms with E-state index in [1.807, 2.05) is 12.3 Å². The molecule has 2 aromatic carbocycles. The van der Waals surface area contributed by atoms with Crippen LogP contribution in [-0.4, -0.2) is 18.9 Å². The molecule has 5 heteroatoms. The average Bonchev–Trinajstić information content (AvgIpc) is 3.23. The van der Waals surface area contributed by atoms with E-state index in [0.717, 1.165) is 45.6 Å². The smallest absolute Gasteiger partial charge is 0.147 e. The summed E-state index contributed by atoms with van der Waals surface area (Å²) in [6, 6.07) is 16.1. The predicted molar refractivity (Wildman–Crippen MR) is 124 cm³/mol. The Balaban J connectivity index is 0.00000231. The molecule has 0 fully saturated rings. The molecule has 3 aromatic heterocycles. The zero-order chi connectivity index (χ0) is 21.2. The Morgan fingerprint density at radius 2 is 1.68 bits per heavy atom. The van der Waals surface area contributed by atoms with Crippen molar-refractivity contribution in [3.8, 4) is 11.3 Å². The van der Waals surface area contributed by atoms with Gasteiger partial charge in [0.05, 0.1) is 11.3 Å². The summed E-state index contributed by atoms with van der Waals surface area (Å²) in [4.78, 5) is 9.92. The number of imidazole rings is 2. The van der Waals surface area contributed by atoms with Crippen LogP contribution >= 0.6 is 0 Å². The number of hydrogen-bond donors (Lipinski definition) is 0. The van der Waals surface area contributed by atoms with Crippen LogP contribution in [0.2, 0.25) is 0 Å². The molecule has 3 heterocycles. The number of hydrogen-bond acceptors (Lipinski definition) is 2. The zero-order valence-corrected chi connectivity index (χ0v) is 21.3. The normalized spacial score (nSPS) is 12.1. The minimum absolute atomic E-state index is 0. The minimum atomic E-state index is 0. The van der Waals surface area contributed by atoms with Crippen LogP contribution in [0.5, 0.6) is 0 Å². The first kappa shape index (κ1) is 21.7. The van der Waals surface area contributed by atoms with E-state index >= 15 is 0 Å². The molecular weight excluding hydrogens is 561 g/mol. The van der Waals surface area contributed by atoms with Crippen LogP contribution in [-0.2, 0) is 26.7 Å². The summed E-state index contributed by atoms with van der Waals surface area (Å²) in [6.45, 7) is 14.1. The monoisotopic (exact) mass is 588 g/mol. The average molecular weight is 588 g/mol. The topological polar surface area (TPSA) is 35.1 Å². The molecule has 4 nitrogen and oxygen atoms in total. The molecule has 0 aliphatic carbocycles. The molecule has 0 unspecified atom stereocenters. The largest absolute Gasteiger partial charge is 0.334 e. The van der Waals surface area contributed by atoms with Gasteiger partial charge in [-0.2, -0.15) is 0 Å². The Hall–Kier alpha value is -2.49. The van der Waals surface area contributed by atoms with Crippen molar-refractivity contribution in [2.45, 2.75) is 48.1 Å². The van der Waals surface area contributed by atoms with Gasteiger partial charge in [-0.05, 0) is 37.3 Å². The summed E-state index contributed by atoms with van der Waals surface area (Å²) >= 11 is 0.